The maximum atomic E-state index is 7.40. The highest BCUT2D eigenvalue weighted by atomic mass is 16.5. The summed E-state index contributed by atoms with van der Waals surface area (Å²) < 4.78 is 7.33. The summed E-state index contributed by atoms with van der Waals surface area (Å²) in [5, 5.41) is 11.4. The molecular formula is C12H15N5O. The maximum Gasteiger partial charge on any atom is 0.164 e. The summed E-state index contributed by atoms with van der Waals surface area (Å²) in [5.41, 5.74) is 7.08. The van der Waals surface area contributed by atoms with E-state index in [9.17, 15) is 0 Å². The molecule has 0 saturated heterocycles. The number of nitrogen functional groups attached to an aromatic ring is 1. The first kappa shape index (κ1) is 12.1. The third kappa shape index (κ3) is 2.48. The lowest BCUT2D eigenvalue weighted by atomic mass is 10.1. The van der Waals surface area contributed by atoms with Gasteiger partial charge < -0.3 is 10.5 Å². The fourth-order valence-electron chi connectivity index (χ4n) is 1.52. The van der Waals surface area contributed by atoms with Crippen molar-refractivity contribution >= 4 is 5.84 Å². The first-order valence-electron chi connectivity index (χ1n) is 5.48. The minimum atomic E-state index is 0.0264. The molecule has 0 radical (unpaired) electrons. The molecule has 1 aromatic heterocycles. The van der Waals surface area contributed by atoms with Crippen molar-refractivity contribution in [2.24, 2.45) is 12.8 Å². The Morgan fingerprint density at radius 2 is 2.28 bits per heavy atom. The van der Waals surface area contributed by atoms with Crippen LogP contribution in [0.1, 0.15) is 17.0 Å². The minimum absolute atomic E-state index is 0.0264. The summed E-state index contributed by atoms with van der Waals surface area (Å²) in [6, 6.07) is 5.43. The van der Waals surface area contributed by atoms with Gasteiger partial charge in [-0.15, -0.1) is 0 Å². The fraction of sp³-hybridized carbons (Fsp3) is 0.250. The molecule has 2 aromatic rings. The summed E-state index contributed by atoms with van der Waals surface area (Å²) >= 11 is 0. The van der Waals surface area contributed by atoms with Crippen LogP contribution in [0.3, 0.4) is 0 Å². The first-order valence-corrected chi connectivity index (χ1v) is 5.48. The summed E-state index contributed by atoms with van der Waals surface area (Å²) in [5.74, 6) is 1.46. The van der Waals surface area contributed by atoms with Gasteiger partial charge in [-0.1, -0.05) is 12.1 Å². The number of aromatic nitrogens is 3. The Labute approximate surface area is 105 Å². The Hall–Kier alpha value is -2.37. The third-order valence-electron chi connectivity index (χ3n) is 2.66. The third-order valence-corrected chi connectivity index (χ3v) is 2.66. The zero-order valence-electron chi connectivity index (χ0n) is 10.3. The van der Waals surface area contributed by atoms with Crippen LogP contribution in [0.2, 0.25) is 0 Å². The number of rotatable bonds is 4. The molecule has 1 heterocycles. The zero-order chi connectivity index (χ0) is 13.1. The van der Waals surface area contributed by atoms with Gasteiger partial charge in [0.2, 0.25) is 0 Å². The van der Waals surface area contributed by atoms with Crippen LogP contribution < -0.4 is 10.5 Å². The number of aryl methyl sites for hydroxylation is 2. The van der Waals surface area contributed by atoms with E-state index in [-0.39, 0.29) is 5.84 Å². The highest BCUT2D eigenvalue weighted by molar-refractivity contribution is 5.95. The molecule has 1 aromatic carbocycles. The van der Waals surface area contributed by atoms with Gasteiger partial charge in [0.05, 0.1) is 0 Å². The molecule has 0 aliphatic rings. The summed E-state index contributed by atoms with van der Waals surface area (Å²) in [6.45, 7) is 2.27. The van der Waals surface area contributed by atoms with Crippen LogP contribution in [0.25, 0.3) is 0 Å². The molecule has 0 amide bonds. The van der Waals surface area contributed by atoms with E-state index in [2.05, 4.69) is 10.1 Å². The van der Waals surface area contributed by atoms with Gasteiger partial charge >= 0.3 is 0 Å². The molecule has 6 heteroatoms. The number of benzene rings is 1. The van der Waals surface area contributed by atoms with Gasteiger partial charge in [0.25, 0.3) is 0 Å². The quantitative estimate of drug-likeness (QED) is 0.620. The minimum Gasteiger partial charge on any atom is -0.485 e. The Morgan fingerprint density at radius 3 is 2.89 bits per heavy atom. The summed E-state index contributed by atoms with van der Waals surface area (Å²) in [4.78, 5) is 4.08. The molecule has 0 bridgehead atoms. The normalized spacial score (nSPS) is 10.3. The fourth-order valence-corrected chi connectivity index (χ4v) is 1.52. The van der Waals surface area contributed by atoms with E-state index in [1.165, 1.54) is 6.33 Å². The van der Waals surface area contributed by atoms with Crippen LogP contribution in [-0.4, -0.2) is 20.6 Å². The number of nitrogens with zero attached hydrogens (tertiary/aromatic N) is 3. The van der Waals surface area contributed by atoms with E-state index in [1.54, 1.807) is 16.8 Å². The second-order valence-corrected chi connectivity index (χ2v) is 3.98. The van der Waals surface area contributed by atoms with E-state index in [4.69, 9.17) is 15.9 Å². The molecular weight excluding hydrogens is 230 g/mol. The van der Waals surface area contributed by atoms with E-state index < -0.39 is 0 Å². The van der Waals surface area contributed by atoms with Crippen molar-refractivity contribution in [3.05, 3.63) is 41.5 Å². The highest BCUT2D eigenvalue weighted by Crippen LogP contribution is 2.20. The standard InChI is InChI=1S/C12H15N5O/c1-8-3-4-9(12(13)14)5-10(8)18-6-11-15-7-16-17(11)2/h3-5,7H,6H2,1-2H3,(H3,13,14). The van der Waals surface area contributed by atoms with Gasteiger partial charge in [-0.3, -0.25) is 10.1 Å². The second kappa shape index (κ2) is 4.87. The van der Waals surface area contributed by atoms with Crippen LogP contribution in [0.4, 0.5) is 0 Å². The number of nitrogens with one attached hydrogen (secondary N) is 1. The Balaban J connectivity index is 2.16. The molecule has 0 atom stereocenters. The molecule has 6 nitrogen and oxygen atoms in total. The zero-order valence-corrected chi connectivity index (χ0v) is 10.3. The van der Waals surface area contributed by atoms with Gasteiger partial charge in [0, 0.05) is 12.6 Å². The Morgan fingerprint density at radius 1 is 1.50 bits per heavy atom. The molecule has 0 unspecified atom stereocenters. The van der Waals surface area contributed by atoms with Crippen molar-refractivity contribution in [1.82, 2.24) is 14.8 Å². The van der Waals surface area contributed by atoms with Crippen molar-refractivity contribution in [3.63, 3.8) is 0 Å². The van der Waals surface area contributed by atoms with Crippen molar-refractivity contribution < 1.29 is 4.74 Å². The van der Waals surface area contributed by atoms with Gasteiger partial charge in [0.15, 0.2) is 5.82 Å². The predicted molar refractivity (Wildman–Crippen MR) is 67.5 cm³/mol. The molecule has 18 heavy (non-hydrogen) atoms. The van der Waals surface area contributed by atoms with E-state index >= 15 is 0 Å². The Kier molecular flexibility index (Phi) is 3.27. The summed E-state index contributed by atoms with van der Waals surface area (Å²) in [6.07, 6.45) is 1.48. The average molecular weight is 245 g/mol. The van der Waals surface area contributed by atoms with Crippen molar-refractivity contribution in [2.45, 2.75) is 13.5 Å². The molecule has 0 saturated carbocycles. The molecule has 2 rings (SSSR count). The SMILES string of the molecule is Cc1ccc(C(=N)N)cc1OCc1ncnn1C. The van der Waals surface area contributed by atoms with Crippen molar-refractivity contribution in [2.75, 3.05) is 0 Å². The number of ether oxygens (including phenoxy) is 1. The van der Waals surface area contributed by atoms with Gasteiger partial charge in [-0.05, 0) is 18.6 Å². The van der Waals surface area contributed by atoms with E-state index in [0.29, 0.717) is 17.9 Å². The lowest BCUT2D eigenvalue weighted by molar-refractivity contribution is 0.288. The summed E-state index contributed by atoms with van der Waals surface area (Å²) in [7, 11) is 1.81. The number of amidine groups is 1. The number of nitrogens with two attached hydrogens (primary N) is 1. The molecule has 0 fully saturated rings. The van der Waals surface area contributed by atoms with Crippen LogP contribution in [0, 0.1) is 12.3 Å². The second-order valence-electron chi connectivity index (χ2n) is 3.98. The van der Waals surface area contributed by atoms with Crippen molar-refractivity contribution in [1.29, 1.82) is 5.41 Å². The lowest BCUT2D eigenvalue weighted by Gasteiger charge is -2.10. The lowest BCUT2D eigenvalue weighted by Crippen LogP contribution is -2.11. The smallest absolute Gasteiger partial charge is 0.164 e. The maximum absolute atomic E-state index is 7.40. The van der Waals surface area contributed by atoms with Crippen LogP contribution in [0.15, 0.2) is 24.5 Å². The van der Waals surface area contributed by atoms with E-state index in [0.717, 1.165) is 11.4 Å². The topological polar surface area (TPSA) is 89.8 Å². The van der Waals surface area contributed by atoms with Crippen LogP contribution >= 0.6 is 0 Å². The molecule has 0 aliphatic carbocycles. The van der Waals surface area contributed by atoms with Gasteiger partial charge in [-0.2, -0.15) is 5.10 Å². The van der Waals surface area contributed by atoms with Gasteiger partial charge in [-0.25, -0.2) is 4.98 Å². The molecule has 0 spiro atoms. The highest BCUT2D eigenvalue weighted by Gasteiger charge is 2.06. The van der Waals surface area contributed by atoms with Crippen LogP contribution in [0.5, 0.6) is 5.75 Å². The first-order chi connectivity index (χ1) is 8.58. The average Bonchev–Trinajstić information content (AvgIpc) is 2.73. The monoisotopic (exact) mass is 245 g/mol. The van der Waals surface area contributed by atoms with Crippen molar-refractivity contribution in [3.8, 4) is 5.75 Å². The molecule has 94 valence electrons. The van der Waals surface area contributed by atoms with Gasteiger partial charge in [0.1, 0.15) is 24.5 Å². The number of hydrogen-bond donors (Lipinski definition) is 2. The predicted octanol–water partition coefficient (Wildman–Crippen LogP) is 0.987. The Bertz CT molecular complexity index is 576. The molecule has 3 N–H and O–H groups in total. The van der Waals surface area contributed by atoms with Crippen LogP contribution in [-0.2, 0) is 13.7 Å². The number of hydrogen-bond acceptors (Lipinski definition) is 4. The molecule has 0 aliphatic heterocycles. The van der Waals surface area contributed by atoms with E-state index in [1.807, 2.05) is 20.0 Å². The largest absolute Gasteiger partial charge is 0.485 e.